The molecule has 4 aromatic carbocycles. The van der Waals surface area contributed by atoms with Crippen LogP contribution in [0.4, 0.5) is 0 Å². The van der Waals surface area contributed by atoms with Gasteiger partial charge in [0.05, 0.1) is 33.3 Å². The number of nitrogens with zero attached hydrogens (tertiary/aromatic N) is 2. The minimum absolute atomic E-state index is 0. The van der Waals surface area contributed by atoms with Gasteiger partial charge in [0.1, 0.15) is 20.2 Å². The minimum atomic E-state index is -4.78. The molecule has 0 saturated carbocycles. The van der Waals surface area contributed by atoms with Gasteiger partial charge in [0, 0.05) is 0 Å². The molecule has 4 aromatic rings. The molecule has 2 radical (unpaired) electrons. The van der Waals surface area contributed by atoms with E-state index in [-0.39, 0.29) is 145 Å². The third kappa shape index (κ3) is 28.5. The Labute approximate surface area is 361 Å². The molecule has 0 aliphatic heterocycles. The monoisotopic (exact) mass is 1020 g/mol. The van der Waals surface area contributed by atoms with Gasteiger partial charge in [-0.1, -0.05) is 84.3 Å². The number of nitrogens with one attached hydrogen (secondary N) is 2. The minimum Gasteiger partial charge on any atom is -0.872 e. The maximum atomic E-state index is 11.9. The first-order chi connectivity index (χ1) is 20.8. The molecule has 358 valence electrons. The molecular weight excluding hydrogens is 968 g/mol. The Morgan fingerprint density at radius 1 is 0.450 bits per heavy atom. The van der Waals surface area contributed by atoms with Crippen molar-refractivity contribution >= 4 is 44.5 Å². The number of hydrazone groups is 2. The van der Waals surface area contributed by atoms with E-state index in [1.165, 1.54) is 60.7 Å². The number of carbonyl (C=O) groups excluding carboxylic acids is 2. The Morgan fingerprint density at radius 3 is 0.933 bits per heavy atom. The standard InChI is InChI=1S/2C14H12N2O5S.2Cu.14H2O/c2*17-12-7-3-1-5-10(12)9-15-16-14(18)11-6-2-4-8-13(11)22(19,20)21;;;;;;;;;;;;;;;;/h2*1-9,17H,(H,16,18)(H,19,20,21);;;14*1H2/q;;2*+2;;;;;;;;;;;;;;/p-2/b2*15-9+;;;;;;;;;;;;;;;;. The van der Waals surface area contributed by atoms with Crippen molar-refractivity contribution in [2.45, 2.75) is 9.79 Å². The average molecular weight is 1020 g/mol. The van der Waals surface area contributed by atoms with Crippen LogP contribution in [0.5, 0.6) is 11.5 Å². The van der Waals surface area contributed by atoms with Crippen LogP contribution in [-0.4, -0.2) is 116 Å². The van der Waals surface area contributed by atoms with Crippen molar-refractivity contribution in [2.24, 2.45) is 10.2 Å². The normalized spacial score (nSPS) is 8.43. The number of hydrogen-bond acceptors (Lipinski definition) is 12. The smallest absolute Gasteiger partial charge is 0.872 e. The summed E-state index contributed by atoms with van der Waals surface area (Å²) >= 11 is 0. The van der Waals surface area contributed by atoms with Crippen molar-refractivity contribution in [3.05, 3.63) is 119 Å². The number of hydrogen-bond donors (Lipinski definition) is 2. The van der Waals surface area contributed by atoms with Gasteiger partial charge in [-0.05, 0) is 35.4 Å². The van der Waals surface area contributed by atoms with Crippen LogP contribution < -0.4 is 21.1 Å². The fourth-order valence-corrected chi connectivity index (χ4v) is 4.71. The molecule has 4 rings (SSSR count). The van der Waals surface area contributed by atoms with Gasteiger partial charge < -0.3 is 96.0 Å². The van der Waals surface area contributed by atoms with E-state index < -0.39 is 41.8 Å². The second-order valence-electron chi connectivity index (χ2n) is 8.37. The molecule has 0 aromatic heterocycles. The zero-order valence-corrected chi connectivity index (χ0v) is 33.5. The van der Waals surface area contributed by atoms with Crippen LogP contribution in [0, 0.1) is 0 Å². The van der Waals surface area contributed by atoms with E-state index in [0.717, 1.165) is 24.6 Å². The molecule has 0 heterocycles. The maximum absolute atomic E-state index is 11.9. The van der Waals surface area contributed by atoms with Crippen LogP contribution in [0.1, 0.15) is 31.8 Å². The summed E-state index contributed by atoms with van der Waals surface area (Å²) in [4.78, 5) is 22.5. The number of para-hydroxylation sites is 2. The molecule has 0 unspecified atom stereocenters. The summed E-state index contributed by atoms with van der Waals surface area (Å²) in [5.74, 6) is -2.28. The van der Waals surface area contributed by atoms with Gasteiger partial charge in [-0.25, -0.2) is 27.7 Å². The Bertz CT molecular complexity index is 1840. The third-order valence-electron chi connectivity index (χ3n) is 5.38. The van der Waals surface area contributed by atoms with Crippen LogP contribution in [0.2, 0.25) is 0 Å². The SMILES string of the molecule is O.O.O.O.O.O.O.O.O.O.O.O.O=C(N/N=C/c1ccccc1[O-])c1ccccc1S(=O)(=O)[O-].O=C(N/N=C/c1ccccc1[O-])c1ccccc1S(=O)(=O)[O-].[Cu+2].[Cu+2].[OH3+].[OH3+]. The van der Waals surface area contributed by atoms with E-state index >= 15 is 0 Å². The van der Waals surface area contributed by atoms with Gasteiger partial charge >= 0.3 is 34.1 Å². The first-order valence-electron chi connectivity index (χ1n) is 12.1. The molecule has 0 aliphatic rings. The van der Waals surface area contributed by atoms with Crippen LogP contribution in [0.25, 0.3) is 0 Å². The summed E-state index contributed by atoms with van der Waals surface area (Å²) in [6, 6.07) is 22.0. The molecule has 0 bridgehead atoms. The van der Waals surface area contributed by atoms with E-state index in [1.54, 1.807) is 24.3 Å². The van der Waals surface area contributed by atoms with Crippen LogP contribution in [-0.2, 0) is 65.3 Å². The predicted octanol–water partition coefficient (Wildman–Crippen LogP) is -10.9. The average Bonchev–Trinajstić information content (AvgIpc) is 2.98. The van der Waals surface area contributed by atoms with Crippen molar-refractivity contribution in [1.29, 1.82) is 0 Å². The molecule has 32 N–H and O–H groups in total. The summed E-state index contributed by atoms with van der Waals surface area (Å²) in [6.07, 6.45) is 2.27. The van der Waals surface area contributed by atoms with E-state index in [1.807, 2.05) is 0 Å². The number of benzene rings is 4. The molecule has 60 heavy (non-hydrogen) atoms. The second kappa shape index (κ2) is 43.6. The van der Waals surface area contributed by atoms with Gasteiger partial charge in [-0.3, -0.25) is 9.59 Å². The molecule has 32 heteroatoms. The molecule has 0 atom stereocenters. The Kier molecular flexibility index (Phi) is 69.4. The molecule has 0 aliphatic carbocycles. The summed E-state index contributed by atoms with van der Waals surface area (Å²) < 4.78 is 66.5. The Balaban J connectivity index is -0.0000000464. The van der Waals surface area contributed by atoms with Gasteiger partial charge in [0.15, 0.2) is 0 Å². The Hall–Kier alpha value is -4.94. The molecule has 2 amide bonds. The van der Waals surface area contributed by atoms with Crippen molar-refractivity contribution in [3.8, 4) is 11.5 Å². The van der Waals surface area contributed by atoms with Crippen molar-refractivity contribution in [2.75, 3.05) is 0 Å². The van der Waals surface area contributed by atoms with E-state index in [0.29, 0.717) is 0 Å². The van der Waals surface area contributed by atoms with Gasteiger partial charge in [0.25, 0.3) is 11.8 Å². The van der Waals surface area contributed by atoms with E-state index in [9.17, 15) is 45.7 Å². The van der Waals surface area contributed by atoms with Crippen molar-refractivity contribution in [3.63, 3.8) is 0 Å². The summed E-state index contributed by atoms with van der Waals surface area (Å²) in [5, 5.41) is 30.0. The van der Waals surface area contributed by atoms with Gasteiger partial charge in [-0.2, -0.15) is 10.2 Å². The third-order valence-corrected chi connectivity index (χ3v) is 7.17. The van der Waals surface area contributed by atoms with E-state index in [4.69, 9.17) is 0 Å². The first kappa shape index (κ1) is 95.4. The summed E-state index contributed by atoms with van der Waals surface area (Å²) in [5.41, 5.74) is 4.04. The van der Waals surface area contributed by atoms with Gasteiger partial charge in [-0.15, -0.1) is 0 Å². The molecule has 0 spiro atoms. The fraction of sp³-hybridized carbons (Fsp3) is 0. The first-order valence-corrected chi connectivity index (χ1v) is 14.9. The molecule has 0 fully saturated rings. The van der Waals surface area contributed by atoms with E-state index in [2.05, 4.69) is 21.1 Å². The zero-order chi connectivity index (χ0) is 32.3. The topological polar surface area (TPSA) is 687 Å². The largest absolute Gasteiger partial charge is 2.00 e. The maximum Gasteiger partial charge on any atom is 2.00 e. The quantitative estimate of drug-likeness (QED) is 0.0552. The number of carbonyl (C=O) groups is 2. The molecule has 0 saturated heterocycles. The number of rotatable bonds is 8. The van der Waals surface area contributed by atoms with Crippen molar-refractivity contribution in [1.82, 2.24) is 10.9 Å². The fourth-order valence-electron chi connectivity index (χ4n) is 3.36. The van der Waals surface area contributed by atoms with Crippen LogP contribution in [0.3, 0.4) is 0 Å². The number of amides is 2. The summed E-state index contributed by atoms with van der Waals surface area (Å²) in [6.45, 7) is 0. The second-order valence-corrected chi connectivity index (χ2v) is 11.1. The molecule has 28 nitrogen and oxygen atoms in total. The zero-order valence-electron chi connectivity index (χ0n) is 29.9. The van der Waals surface area contributed by atoms with Gasteiger partial charge in [0.2, 0.25) is 0 Å². The van der Waals surface area contributed by atoms with Crippen molar-refractivity contribution < 1.29 is 157 Å². The van der Waals surface area contributed by atoms with Crippen LogP contribution >= 0.6 is 0 Å². The van der Waals surface area contributed by atoms with Crippen LogP contribution in [0.15, 0.2) is 117 Å². The molecular formula is C28H50Cu2N4O24S2+2. The Morgan fingerprint density at radius 2 is 0.683 bits per heavy atom. The summed E-state index contributed by atoms with van der Waals surface area (Å²) in [7, 11) is -9.55. The predicted molar refractivity (Wildman–Crippen MR) is 204 cm³/mol.